The Morgan fingerprint density at radius 1 is 1.12 bits per heavy atom. The number of carbonyl (C=O) groups excluding carboxylic acids is 3. The summed E-state index contributed by atoms with van der Waals surface area (Å²) in [7, 11) is 0. The van der Waals surface area contributed by atoms with E-state index >= 15 is 0 Å². The summed E-state index contributed by atoms with van der Waals surface area (Å²) in [5.41, 5.74) is -1.12. The van der Waals surface area contributed by atoms with E-state index in [0.29, 0.717) is 30.1 Å². The second-order valence-corrected chi connectivity index (χ2v) is 10.2. The average molecular weight is 360 g/mol. The number of Topliss-reactive ketones (excluding diaryl/α,β-unsaturated/α-hetero) is 1. The summed E-state index contributed by atoms with van der Waals surface area (Å²) in [5.74, 6) is 2.44. The van der Waals surface area contributed by atoms with Crippen LogP contribution in [0.2, 0.25) is 0 Å². The van der Waals surface area contributed by atoms with E-state index in [0.717, 1.165) is 25.7 Å². The summed E-state index contributed by atoms with van der Waals surface area (Å²) < 4.78 is 0. The molecule has 4 saturated carbocycles. The Morgan fingerprint density at radius 3 is 2.15 bits per heavy atom. The van der Waals surface area contributed by atoms with Crippen molar-refractivity contribution in [2.75, 3.05) is 6.54 Å². The Labute approximate surface area is 156 Å². The maximum Gasteiger partial charge on any atom is 0.325 e. The van der Waals surface area contributed by atoms with Crippen LogP contribution in [0, 0.1) is 29.1 Å². The zero-order chi connectivity index (χ0) is 18.7. The number of carbonyl (C=O) groups is 3. The molecule has 4 aliphatic carbocycles. The van der Waals surface area contributed by atoms with Crippen LogP contribution in [0.25, 0.3) is 0 Å². The fourth-order valence-electron chi connectivity index (χ4n) is 6.40. The quantitative estimate of drug-likeness (QED) is 0.737. The third-order valence-electron chi connectivity index (χ3n) is 7.50. The van der Waals surface area contributed by atoms with Crippen molar-refractivity contribution in [3.8, 4) is 0 Å². The fourth-order valence-corrected chi connectivity index (χ4v) is 6.40. The minimum absolute atomic E-state index is 0.0336. The molecule has 1 aliphatic heterocycles. The fraction of sp³-hybridized carbons (Fsp3) is 0.857. The second kappa shape index (κ2) is 6.07. The molecule has 0 aromatic heterocycles. The molecular formula is C21H32N2O3. The van der Waals surface area contributed by atoms with Crippen LogP contribution in [0.5, 0.6) is 0 Å². The maximum atomic E-state index is 13.2. The van der Waals surface area contributed by atoms with Crippen LogP contribution in [0.3, 0.4) is 0 Å². The van der Waals surface area contributed by atoms with Crippen LogP contribution in [-0.2, 0) is 9.59 Å². The lowest BCUT2D eigenvalue weighted by Gasteiger charge is -2.56. The van der Waals surface area contributed by atoms with Crippen molar-refractivity contribution in [3.63, 3.8) is 0 Å². The number of imide groups is 1. The molecule has 144 valence electrons. The molecule has 0 aromatic rings. The predicted octanol–water partition coefficient (Wildman–Crippen LogP) is 3.52. The first-order chi connectivity index (χ1) is 12.2. The van der Waals surface area contributed by atoms with Crippen molar-refractivity contribution >= 4 is 17.7 Å². The second-order valence-electron chi connectivity index (χ2n) is 10.2. The number of nitrogens with zero attached hydrogens (tertiary/aromatic N) is 1. The molecule has 0 radical (unpaired) electrons. The Kier molecular flexibility index (Phi) is 4.20. The molecule has 5 fully saturated rings. The topological polar surface area (TPSA) is 66.5 Å². The summed E-state index contributed by atoms with van der Waals surface area (Å²) in [5, 5.41) is 2.85. The summed E-state index contributed by atoms with van der Waals surface area (Å²) in [6.07, 6.45) is 8.27. The van der Waals surface area contributed by atoms with E-state index in [1.165, 1.54) is 24.2 Å². The number of amides is 3. The zero-order valence-corrected chi connectivity index (χ0v) is 16.3. The van der Waals surface area contributed by atoms with Gasteiger partial charge in [-0.25, -0.2) is 4.79 Å². The van der Waals surface area contributed by atoms with Crippen LogP contribution < -0.4 is 5.32 Å². The predicted molar refractivity (Wildman–Crippen MR) is 98.3 cm³/mol. The van der Waals surface area contributed by atoms with Gasteiger partial charge < -0.3 is 5.32 Å². The molecule has 0 aromatic carbocycles. The van der Waals surface area contributed by atoms with Crippen LogP contribution in [0.4, 0.5) is 4.79 Å². The molecule has 5 nitrogen and oxygen atoms in total. The molecule has 4 bridgehead atoms. The van der Waals surface area contributed by atoms with Gasteiger partial charge in [-0.2, -0.15) is 0 Å². The minimum Gasteiger partial charge on any atom is -0.323 e. The van der Waals surface area contributed by atoms with Gasteiger partial charge in [0.2, 0.25) is 0 Å². The highest BCUT2D eigenvalue weighted by atomic mass is 16.2. The van der Waals surface area contributed by atoms with E-state index in [9.17, 15) is 14.4 Å². The Morgan fingerprint density at radius 2 is 1.65 bits per heavy atom. The first kappa shape index (κ1) is 18.0. The van der Waals surface area contributed by atoms with Gasteiger partial charge in [-0.05, 0) is 82.0 Å². The molecule has 26 heavy (non-hydrogen) atoms. The van der Waals surface area contributed by atoms with Crippen molar-refractivity contribution in [3.05, 3.63) is 0 Å². The van der Waals surface area contributed by atoms with Crippen molar-refractivity contribution in [1.29, 1.82) is 0 Å². The lowest BCUT2D eigenvalue weighted by molar-refractivity contribution is -0.147. The monoisotopic (exact) mass is 360 g/mol. The molecule has 5 heteroatoms. The molecule has 0 spiro atoms. The SMILES string of the molecule is CC(C)CC[C@]1(C)NC(=O)N(CC(=O)C23CC4CC(CC(C4)C2)C3)C1=O. The highest BCUT2D eigenvalue weighted by Gasteiger charge is 2.56. The lowest BCUT2D eigenvalue weighted by Crippen LogP contribution is -2.53. The normalized spacial score (nSPS) is 41.2. The molecule has 1 atom stereocenters. The van der Waals surface area contributed by atoms with Crippen molar-refractivity contribution in [2.24, 2.45) is 29.1 Å². The molecule has 1 heterocycles. The van der Waals surface area contributed by atoms with E-state index in [1.807, 2.05) is 0 Å². The molecular weight excluding hydrogens is 328 g/mol. The first-order valence-electron chi connectivity index (χ1n) is 10.4. The smallest absolute Gasteiger partial charge is 0.323 e. The third kappa shape index (κ3) is 2.87. The highest BCUT2D eigenvalue weighted by Crippen LogP contribution is 2.60. The molecule has 5 aliphatic rings. The van der Waals surface area contributed by atoms with Gasteiger partial charge in [0, 0.05) is 5.41 Å². The molecule has 5 rings (SSSR count). The average Bonchev–Trinajstić information content (AvgIpc) is 2.75. The van der Waals surface area contributed by atoms with Crippen LogP contribution in [0.1, 0.15) is 72.1 Å². The molecule has 0 unspecified atom stereocenters. The lowest BCUT2D eigenvalue weighted by atomic mass is 9.48. The number of urea groups is 1. The number of nitrogens with one attached hydrogen (secondary N) is 1. The highest BCUT2D eigenvalue weighted by molar-refractivity contribution is 6.09. The van der Waals surface area contributed by atoms with Gasteiger partial charge in [-0.3, -0.25) is 14.5 Å². The minimum atomic E-state index is -0.858. The molecule has 1 saturated heterocycles. The van der Waals surface area contributed by atoms with Crippen molar-refractivity contribution in [2.45, 2.75) is 77.7 Å². The summed E-state index contributed by atoms with van der Waals surface area (Å²) in [4.78, 5) is 39.8. The largest absolute Gasteiger partial charge is 0.325 e. The van der Waals surface area contributed by atoms with Crippen LogP contribution in [0.15, 0.2) is 0 Å². The van der Waals surface area contributed by atoms with E-state index in [2.05, 4.69) is 19.2 Å². The summed E-state index contributed by atoms with van der Waals surface area (Å²) in [6.45, 7) is 5.98. The van der Waals surface area contributed by atoms with Gasteiger partial charge in [-0.1, -0.05) is 13.8 Å². The zero-order valence-electron chi connectivity index (χ0n) is 16.3. The number of rotatable bonds is 6. The maximum absolute atomic E-state index is 13.2. The number of ketones is 1. The van der Waals surface area contributed by atoms with E-state index < -0.39 is 5.54 Å². The third-order valence-corrected chi connectivity index (χ3v) is 7.50. The van der Waals surface area contributed by atoms with Gasteiger partial charge in [-0.15, -0.1) is 0 Å². The number of hydrogen-bond donors (Lipinski definition) is 1. The molecule has 1 N–H and O–H groups in total. The van der Waals surface area contributed by atoms with E-state index in [4.69, 9.17) is 0 Å². The van der Waals surface area contributed by atoms with Crippen LogP contribution in [-0.4, -0.2) is 34.7 Å². The molecule has 3 amide bonds. The summed E-state index contributed by atoms with van der Waals surface area (Å²) in [6, 6.07) is -0.390. The van der Waals surface area contributed by atoms with E-state index in [1.54, 1.807) is 6.92 Å². The van der Waals surface area contributed by atoms with Gasteiger partial charge >= 0.3 is 6.03 Å². The van der Waals surface area contributed by atoms with Gasteiger partial charge in [0.25, 0.3) is 5.91 Å². The van der Waals surface area contributed by atoms with Crippen LogP contribution >= 0.6 is 0 Å². The van der Waals surface area contributed by atoms with Gasteiger partial charge in [0.15, 0.2) is 5.78 Å². The van der Waals surface area contributed by atoms with Crippen molar-refractivity contribution < 1.29 is 14.4 Å². The Balaban J connectivity index is 1.46. The first-order valence-corrected chi connectivity index (χ1v) is 10.4. The van der Waals surface area contributed by atoms with E-state index in [-0.39, 0.29) is 29.7 Å². The van der Waals surface area contributed by atoms with Gasteiger partial charge in [0.1, 0.15) is 5.54 Å². The Hall–Kier alpha value is -1.39. The summed E-state index contributed by atoms with van der Waals surface area (Å²) >= 11 is 0. The standard InChI is InChI=1S/C21H32N2O3/c1-13(2)4-5-20(3)18(25)23(19(26)22-20)12-17(24)21-9-14-6-15(10-21)8-16(7-14)11-21/h13-16H,4-12H2,1-3H3,(H,22,26)/t14?,15?,16?,20-,21?/m0/s1. The Bertz CT molecular complexity index is 606. The number of hydrogen-bond acceptors (Lipinski definition) is 3. The van der Waals surface area contributed by atoms with Crippen molar-refractivity contribution in [1.82, 2.24) is 10.2 Å². The van der Waals surface area contributed by atoms with Gasteiger partial charge in [0.05, 0.1) is 6.54 Å².